The fourth-order valence-electron chi connectivity index (χ4n) is 3.72. The SMILES string of the molecule is CCC1O[C@@H](O[C@H]2C(COOO)O[C@@H](OC)C(OS(=O)(=O)O)[C@H]2O)C(O)[C@@H](C)[C@H]1OS(=O)(=O)O. The molecular weight excluding hydrogens is 516 g/mol. The van der Waals surface area contributed by atoms with Crippen LogP contribution in [0.1, 0.15) is 20.3 Å². The molecule has 0 aliphatic carbocycles. The molecule has 2 heterocycles. The monoisotopic (exact) mass is 544 g/mol. The Balaban J connectivity index is 2.30. The zero-order valence-corrected chi connectivity index (χ0v) is 19.8. The van der Waals surface area contributed by atoms with E-state index in [2.05, 4.69) is 18.3 Å². The van der Waals surface area contributed by atoms with Gasteiger partial charge in [0, 0.05) is 13.0 Å². The first kappa shape index (κ1) is 29.6. The number of aliphatic hydroxyl groups excluding tert-OH is 2. The third-order valence-corrected chi connectivity index (χ3v) is 6.24. The summed E-state index contributed by atoms with van der Waals surface area (Å²) in [6.07, 6.45) is -13.6. The number of ether oxygens (including phenoxy) is 4. The Morgan fingerprint density at radius 1 is 0.853 bits per heavy atom. The largest absolute Gasteiger partial charge is 0.397 e. The highest BCUT2D eigenvalue weighted by atomic mass is 32.3. The van der Waals surface area contributed by atoms with E-state index in [9.17, 15) is 27.0 Å². The lowest BCUT2D eigenvalue weighted by Crippen LogP contribution is -2.64. The van der Waals surface area contributed by atoms with Crippen LogP contribution in [0.25, 0.3) is 0 Å². The normalized spacial score (nSPS) is 39.8. The highest BCUT2D eigenvalue weighted by Crippen LogP contribution is 2.35. The Labute approximate surface area is 195 Å². The second kappa shape index (κ2) is 12.1. The highest BCUT2D eigenvalue weighted by molar-refractivity contribution is 7.81. The van der Waals surface area contributed by atoms with Crippen molar-refractivity contribution in [3.8, 4) is 0 Å². The van der Waals surface area contributed by atoms with Crippen molar-refractivity contribution >= 4 is 20.8 Å². The van der Waals surface area contributed by atoms with E-state index < -0.39 is 88.6 Å². The molecule has 17 nitrogen and oxygen atoms in total. The fraction of sp³-hybridized carbons (Fsp3) is 1.00. The Kier molecular flexibility index (Phi) is 10.5. The lowest BCUT2D eigenvalue weighted by Gasteiger charge is -2.47. The van der Waals surface area contributed by atoms with Crippen molar-refractivity contribution < 1.29 is 78.7 Å². The summed E-state index contributed by atoms with van der Waals surface area (Å²) < 4.78 is 93.5. The molecule has 10 atom stereocenters. The maximum atomic E-state index is 11.2. The van der Waals surface area contributed by atoms with E-state index in [1.807, 2.05) is 0 Å². The molecule has 0 bridgehead atoms. The molecule has 2 aliphatic heterocycles. The summed E-state index contributed by atoms with van der Waals surface area (Å²) in [5, 5.41) is 33.4. The molecule has 0 spiro atoms. The lowest BCUT2D eigenvalue weighted by molar-refractivity contribution is -0.499. The predicted octanol–water partition coefficient (Wildman–Crippen LogP) is -1.97. The Morgan fingerprint density at radius 3 is 1.91 bits per heavy atom. The van der Waals surface area contributed by atoms with Gasteiger partial charge in [-0.05, 0) is 6.42 Å². The zero-order valence-electron chi connectivity index (χ0n) is 18.1. The maximum absolute atomic E-state index is 11.2. The second-order valence-electron chi connectivity index (χ2n) is 7.51. The van der Waals surface area contributed by atoms with Crippen molar-refractivity contribution in [1.29, 1.82) is 0 Å². The molecule has 0 radical (unpaired) electrons. The smallest absolute Gasteiger partial charge is 0.387 e. The average molecular weight is 545 g/mol. The van der Waals surface area contributed by atoms with E-state index in [0.717, 1.165) is 7.11 Å². The number of rotatable bonds is 11. The molecular formula is C15H28O17S2. The van der Waals surface area contributed by atoms with Crippen molar-refractivity contribution in [2.24, 2.45) is 5.92 Å². The van der Waals surface area contributed by atoms with Crippen molar-refractivity contribution in [3.05, 3.63) is 0 Å². The quantitative estimate of drug-likeness (QED) is 0.108. The topological polar surface area (TPSA) is 243 Å². The van der Waals surface area contributed by atoms with Gasteiger partial charge in [0.15, 0.2) is 18.7 Å². The first-order valence-electron chi connectivity index (χ1n) is 9.82. The van der Waals surface area contributed by atoms with E-state index in [4.69, 9.17) is 33.3 Å². The van der Waals surface area contributed by atoms with Crippen LogP contribution in [0.4, 0.5) is 0 Å². The maximum Gasteiger partial charge on any atom is 0.397 e. The Morgan fingerprint density at radius 2 is 1.41 bits per heavy atom. The lowest BCUT2D eigenvalue weighted by atomic mass is 9.89. The summed E-state index contributed by atoms with van der Waals surface area (Å²) in [6, 6.07) is 0. The molecule has 34 heavy (non-hydrogen) atoms. The van der Waals surface area contributed by atoms with Gasteiger partial charge in [0.1, 0.15) is 37.1 Å². The molecule has 0 amide bonds. The van der Waals surface area contributed by atoms with Gasteiger partial charge in [-0.1, -0.05) is 18.9 Å². The van der Waals surface area contributed by atoms with E-state index in [1.165, 1.54) is 6.92 Å². The molecule has 5 N–H and O–H groups in total. The first-order chi connectivity index (χ1) is 15.7. The number of aliphatic hydroxyl groups is 2. The average Bonchev–Trinajstić information content (AvgIpc) is 2.73. The molecule has 2 aliphatic rings. The van der Waals surface area contributed by atoms with Gasteiger partial charge in [-0.25, -0.2) is 18.5 Å². The summed E-state index contributed by atoms with van der Waals surface area (Å²) in [7, 11) is -8.90. The van der Waals surface area contributed by atoms with E-state index in [1.54, 1.807) is 6.92 Å². The van der Waals surface area contributed by atoms with Crippen LogP contribution in [-0.4, -0.2) is 110 Å². The van der Waals surface area contributed by atoms with Crippen LogP contribution in [-0.2, 0) is 58.0 Å². The van der Waals surface area contributed by atoms with Crippen LogP contribution in [0.5, 0.6) is 0 Å². The van der Waals surface area contributed by atoms with Gasteiger partial charge >= 0.3 is 20.8 Å². The summed E-state index contributed by atoms with van der Waals surface area (Å²) in [5.74, 6) is -0.987. The predicted molar refractivity (Wildman–Crippen MR) is 103 cm³/mol. The van der Waals surface area contributed by atoms with Crippen molar-refractivity contribution in [3.63, 3.8) is 0 Å². The van der Waals surface area contributed by atoms with Crippen LogP contribution in [0.15, 0.2) is 0 Å². The highest BCUT2D eigenvalue weighted by Gasteiger charge is 2.53. The van der Waals surface area contributed by atoms with Crippen LogP contribution in [0.2, 0.25) is 0 Å². The second-order valence-corrected chi connectivity index (χ2v) is 9.60. The summed E-state index contributed by atoms with van der Waals surface area (Å²) in [4.78, 5) is 4.39. The van der Waals surface area contributed by atoms with Crippen LogP contribution in [0, 0.1) is 5.92 Å². The van der Waals surface area contributed by atoms with Crippen LogP contribution >= 0.6 is 0 Å². The molecule has 0 saturated carbocycles. The molecule has 4 unspecified atom stereocenters. The van der Waals surface area contributed by atoms with Gasteiger partial charge in [0.2, 0.25) is 0 Å². The van der Waals surface area contributed by atoms with Gasteiger partial charge in [-0.3, -0.25) is 9.11 Å². The molecule has 19 heteroatoms. The third-order valence-electron chi connectivity index (χ3n) is 5.30. The van der Waals surface area contributed by atoms with Crippen molar-refractivity contribution in [2.45, 2.75) is 75.6 Å². The molecule has 2 rings (SSSR count). The van der Waals surface area contributed by atoms with Gasteiger partial charge < -0.3 is 29.2 Å². The Bertz CT molecular complexity index is 847. The zero-order chi connectivity index (χ0) is 25.8. The fourth-order valence-corrected chi connectivity index (χ4v) is 4.79. The number of methoxy groups -OCH3 is 1. The molecule has 0 aromatic heterocycles. The number of hydrogen-bond donors (Lipinski definition) is 5. The van der Waals surface area contributed by atoms with Gasteiger partial charge in [0.05, 0.1) is 6.10 Å². The van der Waals surface area contributed by atoms with Crippen LogP contribution < -0.4 is 0 Å². The summed E-state index contributed by atoms with van der Waals surface area (Å²) in [5.41, 5.74) is 0. The van der Waals surface area contributed by atoms with Gasteiger partial charge in [-0.15, -0.1) is 0 Å². The minimum atomic E-state index is -5.10. The Hall–Kier alpha value is -0.620. The van der Waals surface area contributed by atoms with Gasteiger partial charge in [0.25, 0.3) is 0 Å². The molecule has 2 saturated heterocycles. The number of hydrogen-bond acceptors (Lipinski definition) is 15. The van der Waals surface area contributed by atoms with Crippen LogP contribution in [0.3, 0.4) is 0 Å². The van der Waals surface area contributed by atoms with E-state index >= 15 is 0 Å². The molecule has 0 aromatic rings. The first-order valence-corrected chi connectivity index (χ1v) is 12.5. The molecule has 2 fully saturated rings. The molecule has 0 aromatic carbocycles. The van der Waals surface area contributed by atoms with E-state index in [0.29, 0.717) is 0 Å². The minimum absolute atomic E-state index is 0.145. The van der Waals surface area contributed by atoms with E-state index in [-0.39, 0.29) is 6.42 Å². The van der Waals surface area contributed by atoms with Crippen molar-refractivity contribution in [2.75, 3.05) is 13.7 Å². The molecule has 202 valence electrons. The minimum Gasteiger partial charge on any atom is -0.387 e. The summed E-state index contributed by atoms with van der Waals surface area (Å²) in [6.45, 7) is 2.38. The third kappa shape index (κ3) is 7.69. The van der Waals surface area contributed by atoms with Gasteiger partial charge in [-0.2, -0.15) is 16.8 Å². The van der Waals surface area contributed by atoms with Crippen molar-refractivity contribution in [1.82, 2.24) is 0 Å². The summed E-state index contributed by atoms with van der Waals surface area (Å²) >= 11 is 0. The standard InChI is InChI=1S/C15H28O17S2/c1-4-7-11(30-33(19,20)21)6(2)9(16)14(27-7)29-12-8(5-26-32-18)28-15(25-3)13(10(12)17)31-34(22,23)24/h6-18H,4-5H2,1-3H3,(H,19,20,21)(H,22,23,24)/t6-,7?,8?,9?,10+,11-,12+,13?,14+,15-/m1/s1.